The van der Waals surface area contributed by atoms with Crippen LogP contribution in [0.25, 0.3) is 11.3 Å². The number of amides is 2. The van der Waals surface area contributed by atoms with Gasteiger partial charge in [0.1, 0.15) is 0 Å². The highest BCUT2D eigenvalue weighted by Gasteiger charge is 2.16. The number of anilines is 1. The summed E-state index contributed by atoms with van der Waals surface area (Å²) in [5.41, 5.74) is 4.07. The van der Waals surface area contributed by atoms with Crippen LogP contribution in [-0.4, -0.2) is 15.9 Å². The maximum atomic E-state index is 13.0. The van der Waals surface area contributed by atoms with E-state index in [9.17, 15) is 4.79 Å². The molecule has 4 rings (SSSR count). The fraction of sp³-hybridized carbons (Fsp3) is 0.0833. The Morgan fingerprint density at radius 3 is 1.86 bits per heavy atom. The van der Waals surface area contributed by atoms with Crippen LogP contribution in [0, 0.1) is 0 Å². The zero-order valence-corrected chi connectivity index (χ0v) is 16.7. The zero-order valence-electron chi connectivity index (χ0n) is 15.9. The quantitative estimate of drug-likeness (QED) is 0.429. The van der Waals surface area contributed by atoms with Gasteiger partial charge in [-0.15, -0.1) is 11.3 Å². The molecule has 0 saturated carbocycles. The molecule has 0 spiro atoms. The third-order valence-electron chi connectivity index (χ3n) is 4.51. The number of hydrogen-bond donors (Lipinski definition) is 1. The summed E-state index contributed by atoms with van der Waals surface area (Å²) in [6.07, 6.45) is 0. The molecule has 1 N–H and O–H groups in total. The molecule has 0 fully saturated rings. The number of benzene rings is 3. The first-order valence-corrected chi connectivity index (χ1v) is 10.3. The first kappa shape index (κ1) is 18.9. The summed E-state index contributed by atoms with van der Waals surface area (Å²) < 4.78 is 0. The number of nitrogens with one attached hydrogen (secondary N) is 1. The van der Waals surface area contributed by atoms with E-state index in [1.54, 1.807) is 4.90 Å². The minimum absolute atomic E-state index is 0.160. The van der Waals surface area contributed by atoms with Gasteiger partial charge in [-0.25, -0.2) is 9.78 Å². The second-order valence-electron chi connectivity index (χ2n) is 6.66. The first-order valence-electron chi connectivity index (χ1n) is 9.43. The predicted molar refractivity (Wildman–Crippen MR) is 119 cm³/mol. The lowest BCUT2D eigenvalue weighted by Crippen LogP contribution is -2.34. The van der Waals surface area contributed by atoms with E-state index in [2.05, 4.69) is 10.3 Å². The number of urea groups is 1. The van der Waals surface area contributed by atoms with Crippen molar-refractivity contribution < 1.29 is 4.79 Å². The second kappa shape index (κ2) is 9.17. The average Bonchev–Trinajstić information content (AvgIpc) is 3.24. The average molecular weight is 400 g/mol. The second-order valence-corrected chi connectivity index (χ2v) is 7.52. The van der Waals surface area contributed by atoms with E-state index < -0.39 is 0 Å². The van der Waals surface area contributed by atoms with E-state index in [1.807, 2.05) is 96.4 Å². The van der Waals surface area contributed by atoms with Gasteiger partial charge in [0.05, 0.1) is 5.69 Å². The van der Waals surface area contributed by atoms with Crippen LogP contribution in [0.3, 0.4) is 0 Å². The molecular weight excluding hydrogens is 378 g/mol. The topological polar surface area (TPSA) is 45.2 Å². The van der Waals surface area contributed by atoms with Gasteiger partial charge in [0.2, 0.25) is 0 Å². The number of thiazole rings is 1. The molecule has 1 heterocycles. The maximum absolute atomic E-state index is 13.0. The number of carbonyl (C=O) groups is 1. The Labute approximate surface area is 174 Å². The summed E-state index contributed by atoms with van der Waals surface area (Å²) in [6, 6.07) is 29.8. The number of nitrogens with zero attached hydrogens (tertiary/aromatic N) is 2. The summed E-state index contributed by atoms with van der Waals surface area (Å²) in [4.78, 5) is 19.4. The Bertz CT molecular complexity index is 1010. The first-order chi connectivity index (χ1) is 14.3. The van der Waals surface area contributed by atoms with E-state index in [4.69, 9.17) is 0 Å². The molecule has 4 aromatic rings. The summed E-state index contributed by atoms with van der Waals surface area (Å²) in [5, 5.41) is 5.53. The minimum atomic E-state index is -0.160. The number of rotatable bonds is 6. The molecule has 5 heteroatoms. The van der Waals surface area contributed by atoms with Gasteiger partial charge in [0, 0.05) is 24.0 Å². The van der Waals surface area contributed by atoms with Crippen LogP contribution in [0.1, 0.15) is 11.1 Å². The molecular formula is C24H21N3OS. The van der Waals surface area contributed by atoms with Crippen molar-refractivity contribution in [3.05, 3.63) is 108 Å². The fourth-order valence-electron chi connectivity index (χ4n) is 3.05. The van der Waals surface area contributed by atoms with Crippen LogP contribution >= 0.6 is 11.3 Å². The summed E-state index contributed by atoms with van der Waals surface area (Å²) in [5.74, 6) is 0. The van der Waals surface area contributed by atoms with Gasteiger partial charge in [-0.2, -0.15) is 0 Å². The minimum Gasteiger partial charge on any atom is -0.316 e. The van der Waals surface area contributed by atoms with Crippen molar-refractivity contribution in [2.75, 3.05) is 5.32 Å². The standard InChI is InChI=1S/C24H21N3OS/c28-24(26-23-25-22(18-29-23)21-14-8-3-9-15-21)27(16-19-10-4-1-5-11-19)17-20-12-6-2-7-13-20/h1-15,18H,16-17H2,(H,25,26,28). The number of carbonyl (C=O) groups excluding carboxylic acids is 1. The third kappa shape index (κ3) is 5.09. The molecule has 0 aliphatic rings. The molecule has 0 bridgehead atoms. The lowest BCUT2D eigenvalue weighted by atomic mass is 10.2. The third-order valence-corrected chi connectivity index (χ3v) is 5.27. The predicted octanol–water partition coefficient (Wildman–Crippen LogP) is 6.04. The molecule has 2 amide bonds. The number of hydrogen-bond acceptors (Lipinski definition) is 3. The highest BCUT2D eigenvalue weighted by molar-refractivity contribution is 7.14. The Balaban J connectivity index is 1.51. The summed E-state index contributed by atoms with van der Waals surface area (Å²) in [6.45, 7) is 1.05. The Hall–Kier alpha value is -3.44. The zero-order chi connectivity index (χ0) is 19.9. The van der Waals surface area contributed by atoms with E-state index in [-0.39, 0.29) is 6.03 Å². The van der Waals surface area contributed by atoms with Gasteiger partial charge < -0.3 is 4.90 Å². The van der Waals surface area contributed by atoms with Crippen molar-refractivity contribution in [2.24, 2.45) is 0 Å². The highest BCUT2D eigenvalue weighted by atomic mass is 32.1. The normalized spacial score (nSPS) is 10.5. The smallest absolute Gasteiger partial charge is 0.316 e. The molecule has 29 heavy (non-hydrogen) atoms. The Morgan fingerprint density at radius 2 is 1.31 bits per heavy atom. The largest absolute Gasteiger partial charge is 0.324 e. The van der Waals surface area contributed by atoms with Crippen LogP contribution < -0.4 is 5.32 Å². The Kier molecular flexibility index (Phi) is 5.98. The molecule has 4 nitrogen and oxygen atoms in total. The van der Waals surface area contributed by atoms with Crippen LogP contribution in [0.5, 0.6) is 0 Å². The molecule has 0 aliphatic heterocycles. The molecule has 3 aromatic carbocycles. The number of aromatic nitrogens is 1. The van der Waals surface area contributed by atoms with Crippen molar-refractivity contribution in [2.45, 2.75) is 13.1 Å². The van der Waals surface area contributed by atoms with Gasteiger partial charge >= 0.3 is 6.03 Å². The van der Waals surface area contributed by atoms with E-state index in [0.717, 1.165) is 22.4 Å². The molecule has 0 saturated heterocycles. The van der Waals surface area contributed by atoms with Crippen molar-refractivity contribution >= 4 is 22.5 Å². The van der Waals surface area contributed by atoms with Crippen molar-refractivity contribution in [3.63, 3.8) is 0 Å². The molecule has 0 radical (unpaired) electrons. The SMILES string of the molecule is O=C(Nc1nc(-c2ccccc2)cs1)N(Cc1ccccc1)Cc1ccccc1. The van der Waals surface area contributed by atoms with E-state index >= 15 is 0 Å². The molecule has 0 unspecified atom stereocenters. The maximum Gasteiger partial charge on any atom is 0.324 e. The summed E-state index contributed by atoms with van der Waals surface area (Å²) >= 11 is 1.43. The summed E-state index contributed by atoms with van der Waals surface area (Å²) in [7, 11) is 0. The van der Waals surface area contributed by atoms with Crippen LogP contribution in [0.15, 0.2) is 96.4 Å². The Morgan fingerprint density at radius 1 is 0.793 bits per heavy atom. The van der Waals surface area contributed by atoms with Gasteiger partial charge in [-0.1, -0.05) is 91.0 Å². The van der Waals surface area contributed by atoms with Gasteiger partial charge in [-0.3, -0.25) is 5.32 Å². The highest BCUT2D eigenvalue weighted by Crippen LogP contribution is 2.25. The van der Waals surface area contributed by atoms with Crippen molar-refractivity contribution in [3.8, 4) is 11.3 Å². The lowest BCUT2D eigenvalue weighted by Gasteiger charge is -2.23. The van der Waals surface area contributed by atoms with Crippen LogP contribution in [-0.2, 0) is 13.1 Å². The van der Waals surface area contributed by atoms with Crippen molar-refractivity contribution in [1.82, 2.24) is 9.88 Å². The van der Waals surface area contributed by atoms with Gasteiger partial charge in [0.25, 0.3) is 0 Å². The lowest BCUT2D eigenvalue weighted by molar-refractivity contribution is 0.206. The van der Waals surface area contributed by atoms with Gasteiger partial charge in [-0.05, 0) is 11.1 Å². The molecule has 144 valence electrons. The molecule has 0 aliphatic carbocycles. The van der Waals surface area contributed by atoms with E-state index in [0.29, 0.717) is 18.2 Å². The monoisotopic (exact) mass is 399 g/mol. The van der Waals surface area contributed by atoms with Crippen LogP contribution in [0.2, 0.25) is 0 Å². The van der Waals surface area contributed by atoms with Gasteiger partial charge in [0.15, 0.2) is 5.13 Å². The van der Waals surface area contributed by atoms with Crippen molar-refractivity contribution in [1.29, 1.82) is 0 Å². The van der Waals surface area contributed by atoms with Crippen LogP contribution in [0.4, 0.5) is 9.93 Å². The molecule has 1 aromatic heterocycles. The van der Waals surface area contributed by atoms with E-state index in [1.165, 1.54) is 11.3 Å². The molecule has 0 atom stereocenters. The fourth-order valence-corrected chi connectivity index (χ4v) is 3.76.